The van der Waals surface area contributed by atoms with Gasteiger partial charge < -0.3 is 14.2 Å². The molecule has 1 rings (SSSR count). The number of rotatable bonds is 7. The fourth-order valence-electron chi connectivity index (χ4n) is 1.36. The van der Waals surface area contributed by atoms with E-state index in [2.05, 4.69) is 4.74 Å². The Hall–Kier alpha value is -1.94. The molecule has 0 saturated carbocycles. The van der Waals surface area contributed by atoms with E-state index in [1.54, 1.807) is 6.92 Å². The van der Waals surface area contributed by atoms with Crippen LogP contribution in [0.25, 0.3) is 0 Å². The van der Waals surface area contributed by atoms with Gasteiger partial charge in [0.15, 0.2) is 11.5 Å². The number of nitriles is 1. The van der Waals surface area contributed by atoms with Crippen molar-refractivity contribution in [3.05, 3.63) is 23.8 Å². The van der Waals surface area contributed by atoms with E-state index in [1.807, 2.05) is 6.07 Å². The Morgan fingerprint density at radius 2 is 1.90 bits per heavy atom. The van der Waals surface area contributed by atoms with Crippen LogP contribution in [-0.2, 0) is 4.74 Å². The van der Waals surface area contributed by atoms with Crippen LogP contribution in [0.1, 0.15) is 12.5 Å². The Kier molecular flexibility index (Phi) is 6.12. The molecule has 0 fully saturated rings. The highest BCUT2D eigenvalue weighted by molar-refractivity contribution is 5.46. The molecule has 1 aromatic carbocycles. The quantitative estimate of drug-likeness (QED) is 0.724. The van der Waals surface area contributed by atoms with Crippen LogP contribution >= 0.6 is 0 Å². The number of alkyl halides is 3. The van der Waals surface area contributed by atoms with Crippen molar-refractivity contribution < 1.29 is 27.4 Å². The smallest absolute Gasteiger partial charge is 0.411 e. The average molecular weight is 289 g/mol. The molecule has 0 aliphatic rings. The van der Waals surface area contributed by atoms with E-state index in [0.29, 0.717) is 23.7 Å². The lowest BCUT2D eigenvalue weighted by Gasteiger charge is -2.12. The van der Waals surface area contributed by atoms with E-state index >= 15 is 0 Å². The topological polar surface area (TPSA) is 51.5 Å². The molecule has 0 aliphatic heterocycles. The standard InChI is InChI=1S/C13H14F3NO3/c1-2-19-12-7-10(8-17)3-4-11(12)20-6-5-18-9-13(14,15)16/h3-4,7H,2,5-6,9H2,1H3. The molecule has 0 aliphatic carbocycles. The molecule has 7 heteroatoms. The summed E-state index contributed by atoms with van der Waals surface area (Å²) in [6.45, 7) is 0.625. The molecule has 110 valence electrons. The first-order valence-corrected chi connectivity index (χ1v) is 5.90. The third-order valence-electron chi connectivity index (χ3n) is 2.12. The summed E-state index contributed by atoms with van der Waals surface area (Å²) in [6.07, 6.45) is -4.34. The normalized spacial score (nSPS) is 10.9. The zero-order valence-corrected chi connectivity index (χ0v) is 10.9. The predicted molar refractivity (Wildman–Crippen MR) is 64.7 cm³/mol. The van der Waals surface area contributed by atoms with Gasteiger partial charge in [-0.1, -0.05) is 0 Å². The molecule has 0 amide bonds. The van der Waals surface area contributed by atoms with Gasteiger partial charge in [0, 0.05) is 6.07 Å². The molecule has 0 unspecified atom stereocenters. The molecule has 4 nitrogen and oxygen atoms in total. The van der Waals surface area contributed by atoms with Crippen LogP contribution in [0.2, 0.25) is 0 Å². The Bertz CT molecular complexity index is 469. The molecule has 0 heterocycles. The first kappa shape index (κ1) is 16.1. The van der Waals surface area contributed by atoms with E-state index < -0.39 is 12.8 Å². The molecule has 0 bridgehead atoms. The maximum atomic E-state index is 11.8. The van der Waals surface area contributed by atoms with E-state index in [-0.39, 0.29) is 13.2 Å². The highest BCUT2D eigenvalue weighted by Crippen LogP contribution is 2.28. The van der Waals surface area contributed by atoms with Crippen LogP contribution in [0, 0.1) is 11.3 Å². The summed E-state index contributed by atoms with van der Waals surface area (Å²) >= 11 is 0. The van der Waals surface area contributed by atoms with Crippen molar-refractivity contribution in [2.75, 3.05) is 26.4 Å². The monoisotopic (exact) mass is 289 g/mol. The lowest BCUT2D eigenvalue weighted by atomic mass is 10.2. The van der Waals surface area contributed by atoms with Gasteiger partial charge in [0.05, 0.1) is 24.8 Å². The third-order valence-corrected chi connectivity index (χ3v) is 2.12. The van der Waals surface area contributed by atoms with Gasteiger partial charge in [-0.15, -0.1) is 0 Å². The lowest BCUT2D eigenvalue weighted by Crippen LogP contribution is -2.19. The maximum Gasteiger partial charge on any atom is 0.411 e. The number of benzene rings is 1. The van der Waals surface area contributed by atoms with Crippen LogP contribution in [-0.4, -0.2) is 32.6 Å². The molecule has 0 aromatic heterocycles. The molecule has 0 spiro atoms. The Balaban J connectivity index is 2.49. The van der Waals surface area contributed by atoms with Gasteiger partial charge in [0.25, 0.3) is 0 Å². The fourth-order valence-corrected chi connectivity index (χ4v) is 1.36. The summed E-state index contributed by atoms with van der Waals surface area (Å²) < 4.78 is 50.5. The second-order valence-corrected chi connectivity index (χ2v) is 3.72. The van der Waals surface area contributed by atoms with Crippen molar-refractivity contribution in [2.45, 2.75) is 13.1 Å². The van der Waals surface area contributed by atoms with Crippen molar-refractivity contribution in [2.24, 2.45) is 0 Å². The minimum absolute atomic E-state index is 0.0396. The average Bonchev–Trinajstić information content (AvgIpc) is 2.38. The largest absolute Gasteiger partial charge is 0.490 e. The Morgan fingerprint density at radius 3 is 2.50 bits per heavy atom. The van der Waals surface area contributed by atoms with Gasteiger partial charge >= 0.3 is 6.18 Å². The minimum Gasteiger partial charge on any atom is -0.490 e. The van der Waals surface area contributed by atoms with Crippen LogP contribution in [0.5, 0.6) is 11.5 Å². The summed E-state index contributed by atoms with van der Waals surface area (Å²) in [7, 11) is 0. The van der Waals surface area contributed by atoms with Crippen molar-refractivity contribution in [1.82, 2.24) is 0 Å². The second-order valence-electron chi connectivity index (χ2n) is 3.72. The van der Waals surface area contributed by atoms with Crippen molar-refractivity contribution in [3.63, 3.8) is 0 Å². The molecule has 0 saturated heterocycles. The highest BCUT2D eigenvalue weighted by atomic mass is 19.4. The van der Waals surface area contributed by atoms with Gasteiger partial charge in [-0.2, -0.15) is 18.4 Å². The summed E-state index contributed by atoms with van der Waals surface area (Å²) in [4.78, 5) is 0. The molecular weight excluding hydrogens is 275 g/mol. The van der Waals surface area contributed by atoms with Crippen LogP contribution < -0.4 is 9.47 Å². The summed E-state index contributed by atoms with van der Waals surface area (Å²) in [6, 6.07) is 6.54. The second kappa shape index (κ2) is 7.60. The first-order chi connectivity index (χ1) is 9.46. The molecular formula is C13H14F3NO3. The fraction of sp³-hybridized carbons (Fsp3) is 0.462. The van der Waals surface area contributed by atoms with Gasteiger partial charge in [-0.25, -0.2) is 0 Å². The maximum absolute atomic E-state index is 11.8. The summed E-state index contributed by atoms with van der Waals surface area (Å²) in [5.41, 5.74) is 0.411. The van der Waals surface area contributed by atoms with Crippen LogP contribution in [0.4, 0.5) is 13.2 Å². The molecule has 0 N–H and O–H groups in total. The minimum atomic E-state index is -4.34. The predicted octanol–water partition coefficient (Wildman–Crippen LogP) is 2.91. The molecule has 0 atom stereocenters. The summed E-state index contributed by atoms with van der Waals surface area (Å²) in [5.74, 6) is 0.740. The third kappa shape index (κ3) is 5.80. The lowest BCUT2D eigenvalue weighted by molar-refractivity contribution is -0.175. The van der Waals surface area contributed by atoms with Crippen molar-refractivity contribution >= 4 is 0 Å². The first-order valence-electron chi connectivity index (χ1n) is 5.90. The molecule has 1 aromatic rings. The number of halogens is 3. The SMILES string of the molecule is CCOc1cc(C#N)ccc1OCCOCC(F)(F)F. The number of nitrogens with zero attached hydrogens (tertiary/aromatic N) is 1. The highest BCUT2D eigenvalue weighted by Gasteiger charge is 2.27. The van der Waals surface area contributed by atoms with Crippen molar-refractivity contribution in [1.29, 1.82) is 5.26 Å². The van der Waals surface area contributed by atoms with Crippen molar-refractivity contribution in [3.8, 4) is 17.6 Å². The van der Waals surface area contributed by atoms with E-state index in [9.17, 15) is 13.2 Å². The van der Waals surface area contributed by atoms with Gasteiger partial charge in [-0.05, 0) is 19.1 Å². The Morgan fingerprint density at radius 1 is 1.15 bits per heavy atom. The van der Waals surface area contributed by atoms with Gasteiger partial charge in [0.2, 0.25) is 0 Å². The summed E-state index contributed by atoms with van der Waals surface area (Å²) in [5, 5.41) is 8.77. The zero-order chi connectivity index (χ0) is 15.0. The molecule has 20 heavy (non-hydrogen) atoms. The van der Waals surface area contributed by atoms with Crippen LogP contribution in [0.15, 0.2) is 18.2 Å². The van der Waals surface area contributed by atoms with Crippen LogP contribution in [0.3, 0.4) is 0 Å². The van der Waals surface area contributed by atoms with Gasteiger partial charge in [-0.3, -0.25) is 0 Å². The number of hydrogen-bond donors (Lipinski definition) is 0. The van der Waals surface area contributed by atoms with Gasteiger partial charge in [0.1, 0.15) is 13.2 Å². The Labute approximate surface area is 114 Å². The van der Waals surface area contributed by atoms with E-state index in [1.165, 1.54) is 18.2 Å². The van der Waals surface area contributed by atoms with E-state index in [0.717, 1.165) is 0 Å². The number of ether oxygens (including phenoxy) is 3. The zero-order valence-electron chi connectivity index (χ0n) is 10.9. The number of hydrogen-bond acceptors (Lipinski definition) is 4. The molecule has 0 radical (unpaired) electrons. The van der Waals surface area contributed by atoms with E-state index in [4.69, 9.17) is 14.7 Å².